The Balaban J connectivity index is 2.45. The molecular weight excluding hydrogens is 216 g/mol. The van der Waals surface area contributed by atoms with Gasteiger partial charge in [0.25, 0.3) is 0 Å². The van der Waals surface area contributed by atoms with Crippen molar-refractivity contribution in [2.24, 2.45) is 11.3 Å². The molecule has 4 nitrogen and oxygen atoms in total. The Morgan fingerprint density at radius 1 is 1.53 bits per heavy atom. The number of aliphatic hydroxyl groups excluding tert-OH is 1. The van der Waals surface area contributed by atoms with Crippen LogP contribution in [0.15, 0.2) is 0 Å². The zero-order valence-corrected chi connectivity index (χ0v) is 10.7. The lowest BCUT2D eigenvalue weighted by molar-refractivity contribution is -0.128. The van der Waals surface area contributed by atoms with Crippen LogP contribution in [0.4, 0.5) is 0 Å². The summed E-state index contributed by atoms with van der Waals surface area (Å²) in [4.78, 5) is 11.9. The Labute approximate surface area is 103 Å². The van der Waals surface area contributed by atoms with Crippen molar-refractivity contribution in [3.8, 4) is 6.07 Å². The first-order chi connectivity index (χ1) is 8.03. The molecule has 0 aromatic carbocycles. The number of nitrogens with zero attached hydrogens (tertiary/aromatic N) is 1. The zero-order chi connectivity index (χ0) is 12.9. The molecule has 0 aliphatic heterocycles. The second-order valence-electron chi connectivity index (χ2n) is 5.12. The van der Waals surface area contributed by atoms with Gasteiger partial charge in [0.2, 0.25) is 5.91 Å². The first-order valence-corrected chi connectivity index (χ1v) is 6.41. The summed E-state index contributed by atoms with van der Waals surface area (Å²) in [5.74, 6) is -0.0761. The summed E-state index contributed by atoms with van der Waals surface area (Å²) in [5, 5.41) is 21.6. The molecule has 0 aromatic heterocycles. The highest BCUT2D eigenvalue weighted by molar-refractivity contribution is 5.84. The van der Waals surface area contributed by atoms with Gasteiger partial charge in [-0.15, -0.1) is 0 Å². The van der Waals surface area contributed by atoms with Crippen molar-refractivity contribution in [2.75, 3.05) is 6.54 Å². The number of aliphatic hydroxyl groups is 1. The average Bonchev–Trinajstić information content (AvgIpc) is 2.36. The van der Waals surface area contributed by atoms with Gasteiger partial charge in [-0.25, -0.2) is 0 Å². The number of hydrogen-bond donors (Lipinski definition) is 2. The van der Waals surface area contributed by atoms with Crippen LogP contribution in [-0.4, -0.2) is 23.7 Å². The molecule has 17 heavy (non-hydrogen) atoms. The summed E-state index contributed by atoms with van der Waals surface area (Å²) in [7, 11) is 0. The van der Waals surface area contributed by atoms with Gasteiger partial charge < -0.3 is 10.4 Å². The SMILES string of the molecule is CCC(C)(C#N)C(=O)NCC1CCCCC1O. The third-order valence-electron chi connectivity index (χ3n) is 3.85. The molecule has 0 aromatic rings. The van der Waals surface area contributed by atoms with Crippen molar-refractivity contribution in [3.05, 3.63) is 0 Å². The summed E-state index contributed by atoms with van der Waals surface area (Å²) in [6.07, 6.45) is 4.15. The van der Waals surface area contributed by atoms with Gasteiger partial charge in [-0.05, 0) is 26.2 Å². The summed E-state index contributed by atoms with van der Waals surface area (Å²) in [6.45, 7) is 3.97. The van der Waals surface area contributed by atoms with Gasteiger partial charge in [-0.3, -0.25) is 4.79 Å². The van der Waals surface area contributed by atoms with Gasteiger partial charge in [0, 0.05) is 12.5 Å². The Morgan fingerprint density at radius 3 is 2.71 bits per heavy atom. The molecular formula is C13H22N2O2. The van der Waals surface area contributed by atoms with E-state index < -0.39 is 5.41 Å². The summed E-state index contributed by atoms with van der Waals surface area (Å²) in [6, 6.07) is 2.05. The molecule has 1 aliphatic rings. The first-order valence-electron chi connectivity index (χ1n) is 6.41. The maximum absolute atomic E-state index is 11.9. The quantitative estimate of drug-likeness (QED) is 0.781. The Bertz CT molecular complexity index is 311. The largest absolute Gasteiger partial charge is 0.393 e. The first kappa shape index (κ1) is 14.0. The van der Waals surface area contributed by atoms with Crippen molar-refractivity contribution in [1.82, 2.24) is 5.32 Å². The van der Waals surface area contributed by atoms with Crippen LogP contribution in [0.2, 0.25) is 0 Å². The second-order valence-corrected chi connectivity index (χ2v) is 5.12. The van der Waals surface area contributed by atoms with E-state index in [4.69, 9.17) is 5.26 Å². The number of nitriles is 1. The molecule has 0 bridgehead atoms. The van der Waals surface area contributed by atoms with Gasteiger partial charge in [0.1, 0.15) is 5.41 Å². The van der Waals surface area contributed by atoms with Crippen LogP contribution < -0.4 is 5.32 Å². The highest BCUT2D eigenvalue weighted by atomic mass is 16.3. The number of amides is 1. The average molecular weight is 238 g/mol. The molecule has 96 valence electrons. The smallest absolute Gasteiger partial charge is 0.240 e. The third-order valence-corrected chi connectivity index (χ3v) is 3.85. The van der Waals surface area contributed by atoms with Crippen LogP contribution in [0.3, 0.4) is 0 Å². The zero-order valence-electron chi connectivity index (χ0n) is 10.7. The van der Waals surface area contributed by atoms with E-state index in [1.807, 2.05) is 6.92 Å². The van der Waals surface area contributed by atoms with E-state index in [9.17, 15) is 9.90 Å². The molecule has 3 unspecified atom stereocenters. The van der Waals surface area contributed by atoms with E-state index in [-0.39, 0.29) is 17.9 Å². The van der Waals surface area contributed by atoms with Crippen LogP contribution in [0, 0.1) is 22.7 Å². The van der Waals surface area contributed by atoms with Gasteiger partial charge >= 0.3 is 0 Å². The van der Waals surface area contributed by atoms with E-state index in [1.165, 1.54) is 0 Å². The van der Waals surface area contributed by atoms with Gasteiger partial charge in [0.15, 0.2) is 0 Å². The Hall–Kier alpha value is -1.08. The lowest BCUT2D eigenvalue weighted by Crippen LogP contribution is -2.42. The van der Waals surface area contributed by atoms with Crippen molar-refractivity contribution >= 4 is 5.91 Å². The van der Waals surface area contributed by atoms with E-state index in [0.717, 1.165) is 25.7 Å². The maximum Gasteiger partial charge on any atom is 0.240 e. The molecule has 1 rings (SSSR count). The normalized spacial score (nSPS) is 27.9. The number of carbonyl (C=O) groups excluding carboxylic acids is 1. The molecule has 0 spiro atoms. The summed E-state index contributed by atoms with van der Waals surface area (Å²) >= 11 is 0. The molecule has 0 heterocycles. The van der Waals surface area contributed by atoms with Crippen LogP contribution in [0.1, 0.15) is 46.0 Å². The summed E-state index contributed by atoms with van der Waals surface area (Å²) in [5.41, 5.74) is -0.945. The fraction of sp³-hybridized carbons (Fsp3) is 0.846. The van der Waals surface area contributed by atoms with Crippen LogP contribution >= 0.6 is 0 Å². The minimum Gasteiger partial charge on any atom is -0.393 e. The van der Waals surface area contributed by atoms with Crippen LogP contribution in [-0.2, 0) is 4.79 Å². The molecule has 1 fully saturated rings. The standard InChI is InChI=1S/C13H22N2O2/c1-3-13(2,9-14)12(17)15-8-10-6-4-5-7-11(10)16/h10-11,16H,3-8H2,1-2H3,(H,15,17). The third kappa shape index (κ3) is 3.44. The van der Waals surface area contributed by atoms with Crippen molar-refractivity contribution in [2.45, 2.75) is 52.1 Å². The molecule has 1 amide bonds. The number of carbonyl (C=O) groups is 1. The fourth-order valence-corrected chi connectivity index (χ4v) is 2.14. The Morgan fingerprint density at radius 2 is 2.18 bits per heavy atom. The molecule has 3 atom stereocenters. The van der Waals surface area contributed by atoms with Gasteiger partial charge in [-0.1, -0.05) is 19.8 Å². The number of nitrogens with one attached hydrogen (secondary N) is 1. The summed E-state index contributed by atoms with van der Waals surface area (Å²) < 4.78 is 0. The highest BCUT2D eigenvalue weighted by Crippen LogP contribution is 2.24. The molecule has 0 radical (unpaired) electrons. The molecule has 1 aliphatic carbocycles. The van der Waals surface area contributed by atoms with Crippen molar-refractivity contribution in [3.63, 3.8) is 0 Å². The van der Waals surface area contributed by atoms with Crippen LogP contribution in [0.5, 0.6) is 0 Å². The van der Waals surface area contributed by atoms with Crippen molar-refractivity contribution in [1.29, 1.82) is 5.26 Å². The van der Waals surface area contributed by atoms with Gasteiger partial charge in [0.05, 0.1) is 12.2 Å². The van der Waals surface area contributed by atoms with Crippen molar-refractivity contribution < 1.29 is 9.90 Å². The predicted molar refractivity (Wildman–Crippen MR) is 65.0 cm³/mol. The topological polar surface area (TPSA) is 73.1 Å². The van der Waals surface area contributed by atoms with Crippen LogP contribution in [0.25, 0.3) is 0 Å². The van der Waals surface area contributed by atoms with E-state index >= 15 is 0 Å². The highest BCUT2D eigenvalue weighted by Gasteiger charge is 2.32. The monoisotopic (exact) mass is 238 g/mol. The maximum atomic E-state index is 11.9. The minimum absolute atomic E-state index is 0.146. The Kier molecular flexibility index (Phi) is 4.95. The fourth-order valence-electron chi connectivity index (χ4n) is 2.14. The number of hydrogen-bond acceptors (Lipinski definition) is 3. The van der Waals surface area contributed by atoms with E-state index in [1.54, 1.807) is 6.92 Å². The number of rotatable bonds is 4. The van der Waals surface area contributed by atoms with E-state index in [2.05, 4.69) is 11.4 Å². The lowest BCUT2D eigenvalue weighted by Gasteiger charge is -2.29. The van der Waals surface area contributed by atoms with E-state index in [0.29, 0.717) is 13.0 Å². The predicted octanol–water partition coefficient (Wildman–Crippen LogP) is 1.59. The molecule has 4 heteroatoms. The second kappa shape index (κ2) is 6.02. The minimum atomic E-state index is -0.945. The molecule has 1 saturated carbocycles. The van der Waals surface area contributed by atoms with Gasteiger partial charge in [-0.2, -0.15) is 5.26 Å². The molecule has 2 N–H and O–H groups in total. The molecule has 0 saturated heterocycles. The lowest BCUT2D eigenvalue weighted by atomic mass is 9.85.